The van der Waals surface area contributed by atoms with Crippen LogP contribution in [0.4, 0.5) is 0 Å². The van der Waals surface area contributed by atoms with E-state index in [4.69, 9.17) is 5.84 Å². The van der Waals surface area contributed by atoms with Gasteiger partial charge in [0, 0.05) is 18.9 Å². The number of hydrogen-bond acceptors (Lipinski definition) is 3. The summed E-state index contributed by atoms with van der Waals surface area (Å²) in [5.41, 5.74) is 0. The average molecular weight is 169 g/mol. The standard InChI is InChI=1S/C7H13N4O/c1-5(12)4-10-7(3)11(8)6(2)9-10/h4,8H2,1-3H3/q+1. The van der Waals surface area contributed by atoms with Crippen molar-refractivity contribution < 1.29 is 9.47 Å². The highest BCUT2D eigenvalue weighted by Gasteiger charge is 2.17. The summed E-state index contributed by atoms with van der Waals surface area (Å²) >= 11 is 0. The number of hydrogen-bond donors (Lipinski definition) is 1. The van der Waals surface area contributed by atoms with Crippen LogP contribution in [0.25, 0.3) is 0 Å². The third kappa shape index (κ3) is 1.44. The molecule has 0 amide bonds. The summed E-state index contributed by atoms with van der Waals surface area (Å²) in [6.07, 6.45) is 0. The lowest BCUT2D eigenvalue weighted by Gasteiger charge is -1.90. The molecular formula is C7H13N4O+. The van der Waals surface area contributed by atoms with Gasteiger partial charge in [0.25, 0.3) is 11.6 Å². The fourth-order valence-electron chi connectivity index (χ4n) is 1.01. The van der Waals surface area contributed by atoms with Gasteiger partial charge in [-0.3, -0.25) is 10.6 Å². The lowest BCUT2D eigenvalue weighted by Crippen LogP contribution is -2.48. The topological polar surface area (TPSA) is 64.8 Å². The molecule has 0 fully saturated rings. The van der Waals surface area contributed by atoms with Crippen LogP contribution in [0.5, 0.6) is 0 Å². The van der Waals surface area contributed by atoms with Gasteiger partial charge in [-0.2, -0.15) is 0 Å². The van der Waals surface area contributed by atoms with E-state index in [1.165, 1.54) is 11.6 Å². The zero-order valence-corrected chi connectivity index (χ0v) is 7.53. The van der Waals surface area contributed by atoms with E-state index in [1.807, 2.05) is 6.92 Å². The molecule has 0 unspecified atom stereocenters. The van der Waals surface area contributed by atoms with Gasteiger partial charge in [0.05, 0.1) is 0 Å². The van der Waals surface area contributed by atoms with E-state index in [0.29, 0.717) is 5.82 Å². The maximum atomic E-state index is 10.8. The largest absolute Gasteiger partial charge is 0.296 e. The van der Waals surface area contributed by atoms with Crippen molar-refractivity contribution in [3.63, 3.8) is 0 Å². The summed E-state index contributed by atoms with van der Waals surface area (Å²) in [6, 6.07) is 0. The molecule has 12 heavy (non-hydrogen) atoms. The predicted octanol–water partition coefficient (Wildman–Crippen LogP) is -0.910. The number of nitrogen functional groups attached to an aromatic ring is 1. The number of aryl methyl sites for hydroxylation is 1. The molecule has 0 saturated heterocycles. The van der Waals surface area contributed by atoms with Crippen molar-refractivity contribution in [3.05, 3.63) is 11.6 Å². The molecule has 1 heterocycles. The zero-order valence-electron chi connectivity index (χ0n) is 7.53. The molecule has 0 spiro atoms. The molecule has 66 valence electrons. The first-order valence-electron chi connectivity index (χ1n) is 3.73. The highest BCUT2D eigenvalue weighted by Crippen LogP contribution is 1.91. The minimum absolute atomic E-state index is 0.0706. The number of nitrogens with zero attached hydrogens (tertiary/aromatic N) is 3. The summed E-state index contributed by atoms with van der Waals surface area (Å²) in [6.45, 7) is 5.43. The Bertz CT molecular complexity index is 315. The van der Waals surface area contributed by atoms with Gasteiger partial charge >= 0.3 is 0 Å². The third-order valence-electron chi connectivity index (χ3n) is 1.71. The maximum absolute atomic E-state index is 10.8. The maximum Gasteiger partial charge on any atom is 0.295 e. The lowest BCUT2D eigenvalue weighted by atomic mass is 10.4. The van der Waals surface area contributed by atoms with Crippen molar-refractivity contribution in [2.75, 3.05) is 5.84 Å². The van der Waals surface area contributed by atoms with Gasteiger partial charge in [-0.05, 0) is 6.92 Å². The quantitative estimate of drug-likeness (QED) is 0.460. The normalized spacial score (nSPS) is 10.2. The highest BCUT2D eigenvalue weighted by atomic mass is 16.1. The van der Waals surface area contributed by atoms with E-state index < -0.39 is 0 Å². The molecule has 5 nitrogen and oxygen atoms in total. The summed E-state index contributed by atoms with van der Waals surface area (Å²) in [4.78, 5) is 10.8. The van der Waals surface area contributed by atoms with Gasteiger partial charge in [-0.15, -0.1) is 9.36 Å². The lowest BCUT2D eigenvalue weighted by molar-refractivity contribution is -0.652. The molecular weight excluding hydrogens is 156 g/mol. The van der Waals surface area contributed by atoms with E-state index >= 15 is 0 Å². The Hall–Kier alpha value is -1.39. The van der Waals surface area contributed by atoms with E-state index in [-0.39, 0.29) is 12.3 Å². The number of ketones is 1. The van der Waals surface area contributed by atoms with Gasteiger partial charge in [0.1, 0.15) is 0 Å². The molecule has 0 bridgehead atoms. The van der Waals surface area contributed by atoms with Crippen LogP contribution in [-0.4, -0.2) is 15.6 Å². The molecule has 0 aromatic carbocycles. The Morgan fingerprint density at radius 3 is 2.58 bits per heavy atom. The fraction of sp³-hybridized carbons (Fsp3) is 0.571. The third-order valence-corrected chi connectivity index (χ3v) is 1.71. The molecule has 0 aliphatic heterocycles. The van der Waals surface area contributed by atoms with Crippen LogP contribution in [0.2, 0.25) is 0 Å². The van der Waals surface area contributed by atoms with Gasteiger partial charge in [0.15, 0.2) is 12.3 Å². The van der Waals surface area contributed by atoms with Crippen molar-refractivity contribution in [2.24, 2.45) is 0 Å². The smallest absolute Gasteiger partial charge is 0.295 e. The van der Waals surface area contributed by atoms with Crippen molar-refractivity contribution >= 4 is 5.78 Å². The Morgan fingerprint density at radius 1 is 1.67 bits per heavy atom. The van der Waals surface area contributed by atoms with Crippen LogP contribution >= 0.6 is 0 Å². The van der Waals surface area contributed by atoms with Gasteiger partial charge in [0.2, 0.25) is 0 Å². The summed E-state index contributed by atoms with van der Waals surface area (Å²) < 4.78 is 3.06. The number of nitrogens with two attached hydrogens (primary N) is 1. The van der Waals surface area contributed by atoms with Crippen molar-refractivity contribution in [1.82, 2.24) is 9.78 Å². The molecule has 0 saturated carbocycles. The average Bonchev–Trinajstić information content (AvgIpc) is 2.17. The number of aromatic nitrogens is 3. The SMILES string of the molecule is CC(=O)Cn1nc(C)[n+](N)c1C. The fourth-order valence-corrected chi connectivity index (χ4v) is 1.01. The molecule has 0 aliphatic rings. The van der Waals surface area contributed by atoms with Crippen LogP contribution in [-0.2, 0) is 11.3 Å². The Kier molecular flexibility index (Phi) is 2.12. The Labute approximate surface area is 70.8 Å². The second-order valence-corrected chi connectivity index (χ2v) is 2.82. The first-order chi connectivity index (χ1) is 5.52. The van der Waals surface area contributed by atoms with Crippen molar-refractivity contribution in [2.45, 2.75) is 27.3 Å². The first kappa shape index (κ1) is 8.70. The molecule has 5 heteroatoms. The van der Waals surface area contributed by atoms with E-state index in [1.54, 1.807) is 11.6 Å². The second kappa shape index (κ2) is 2.92. The van der Waals surface area contributed by atoms with Gasteiger partial charge in [-0.1, -0.05) is 0 Å². The van der Waals surface area contributed by atoms with Crippen LogP contribution in [0.3, 0.4) is 0 Å². The Morgan fingerprint density at radius 2 is 2.25 bits per heavy atom. The van der Waals surface area contributed by atoms with Crippen LogP contribution in [0, 0.1) is 13.8 Å². The van der Waals surface area contributed by atoms with Crippen LogP contribution in [0.15, 0.2) is 0 Å². The Balaban J connectivity index is 3.01. The summed E-state index contributed by atoms with van der Waals surface area (Å²) in [7, 11) is 0. The second-order valence-electron chi connectivity index (χ2n) is 2.82. The van der Waals surface area contributed by atoms with Crippen molar-refractivity contribution in [1.29, 1.82) is 0 Å². The number of carbonyl (C=O) groups is 1. The monoisotopic (exact) mass is 169 g/mol. The molecule has 1 aromatic rings. The zero-order chi connectivity index (χ0) is 9.30. The van der Waals surface area contributed by atoms with E-state index in [0.717, 1.165) is 5.82 Å². The molecule has 0 aliphatic carbocycles. The molecule has 2 N–H and O–H groups in total. The molecule has 1 aromatic heterocycles. The van der Waals surface area contributed by atoms with Crippen molar-refractivity contribution in [3.8, 4) is 0 Å². The van der Waals surface area contributed by atoms with Gasteiger partial charge < -0.3 is 0 Å². The minimum atomic E-state index is 0.0706. The summed E-state index contributed by atoms with van der Waals surface area (Å²) in [5.74, 6) is 7.15. The minimum Gasteiger partial charge on any atom is -0.296 e. The number of carbonyl (C=O) groups excluding carboxylic acids is 1. The highest BCUT2D eigenvalue weighted by molar-refractivity contribution is 5.75. The van der Waals surface area contributed by atoms with E-state index in [2.05, 4.69) is 5.10 Å². The molecule has 0 radical (unpaired) electrons. The van der Waals surface area contributed by atoms with Crippen LogP contribution < -0.4 is 10.5 Å². The predicted molar refractivity (Wildman–Crippen MR) is 42.7 cm³/mol. The van der Waals surface area contributed by atoms with E-state index in [9.17, 15) is 4.79 Å². The number of Topliss-reactive ketones (excluding diaryl/α,β-unsaturated/α-hetero) is 1. The number of rotatable bonds is 2. The molecule has 1 rings (SSSR count). The van der Waals surface area contributed by atoms with Crippen LogP contribution in [0.1, 0.15) is 18.6 Å². The summed E-state index contributed by atoms with van der Waals surface area (Å²) in [5, 5.41) is 4.08. The van der Waals surface area contributed by atoms with Gasteiger partial charge in [-0.25, -0.2) is 0 Å². The molecule has 0 atom stereocenters. The first-order valence-corrected chi connectivity index (χ1v) is 3.73.